The second kappa shape index (κ2) is 13.2. The molecule has 1 fully saturated rings. The number of allylic oxidation sites excluding steroid dienone is 2. The highest BCUT2D eigenvalue weighted by Crippen LogP contribution is 2.40. The minimum atomic E-state index is -4.87. The first-order valence-electron chi connectivity index (χ1n) is 13.0. The summed E-state index contributed by atoms with van der Waals surface area (Å²) in [6.07, 6.45) is 4.66. The molecule has 1 amide bonds. The van der Waals surface area contributed by atoms with Crippen molar-refractivity contribution in [2.45, 2.75) is 38.9 Å². The van der Waals surface area contributed by atoms with Crippen molar-refractivity contribution in [2.24, 2.45) is 0 Å². The molecule has 0 atom stereocenters. The zero-order valence-corrected chi connectivity index (χ0v) is 23.1. The van der Waals surface area contributed by atoms with Crippen LogP contribution in [0.25, 0.3) is 0 Å². The smallest absolute Gasteiger partial charge is 0.421 e. The Morgan fingerprint density at radius 1 is 1.12 bits per heavy atom. The standard InChI is InChI=1S/C25H25ClF4N6O2.C2H3N/c26-23-32-19-14-36(20-13-31-12-18(27)21(20)25(28,29)30)7-6-17(19)22(33-23)34-8-10-35(11-9-34)24(37)38-15-16-4-2-1-3-5-16;1-2-3/h2,4-5,12-13H,1,3,6-11,14-15H2;1H3. The van der Waals surface area contributed by atoms with E-state index in [2.05, 4.69) is 27.1 Å². The SMILES string of the molecule is CC#N.O=C(OCC1=CCCC=C1)N1CCN(c2nc(Cl)nc3c2CCN(c2cncc(F)c2C(F)(F)F)C3)CC1. The molecular formula is C27H28ClF4N7O2. The predicted molar refractivity (Wildman–Crippen MR) is 144 cm³/mol. The molecule has 0 spiro atoms. The van der Waals surface area contributed by atoms with E-state index in [9.17, 15) is 22.4 Å². The average molecular weight is 594 g/mol. The van der Waals surface area contributed by atoms with Crippen LogP contribution in [0.3, 0.4) is 0 Å². The lowest BCUT2D eigenvalue weighted by Crippen LogP contribution is -2.49. The molecular weight excluding hydrogens is 566 g/mol. The highest BCUT2D eigenvalue weighted by molar-refractivity contribution is 6.28. The molecule has 218 valence electrons. The lowest BCUT2D eigenvalue weighted by atomic mass is 10.0. The number of fused-ring (bicyclic) bond motifs is 1. The number of halogens is 5. The molecule has 4 heterocycles. The van der Waals surface area contributed by atoms with E-state index in [1.54, 1.807) is 11.0 Å². The average Bonchev–Trinajstić information content (AvgIpc) is 2.95. The van der Waals surface area contributed by atoms with Gasteiger partial charge in [-0.25, -0.2) is 19.2 Å². The van der Waals surface area contributed by atoms with E-state index >= 15 is 0 Å². The van der Waals surface area contributed by atoms with E-state index in [-0.39, 0.29) is 36.8 Å². The molecule has 5 rings (SSSR count). The van der Waals surface area contributed by atoms with Crippen molar-refractivity contribution in [3.05, 3.63) is 64.1 Å². The van der Waals surface area contributed by atoms with Gasteiger partial charge in [0.15, 0.2) is 5.82 Å². The van der Waals surface area contributed by atoms with Crippen LogP contribution < -0.4 is 9.80 Å². The summed E-state index contributed by atoms with van der Waals surface area (Å²) in [4.78, 5) is 29.9. The van der Waals surface area contributed by atoms with Crippen molar-refractivity contribution in [1.29, 1.82) is 5.26 Å². The largest absolute Gasteiger partial charge is 0.445 e. The number of carbonyl (C=O) groups excluding carboxylic acids is 1. The third kappa shape index (κ3) is 7.24. The first-order chi connectivity index (χ1) is 19.6. The molecule has 1 aliphatic carbocycles. The minimum absolute atomic E-state index is 0.00459. The fourth-order valence-electron chi connectivity index (χ4n) is 4.91. The number of amides is 1. The first kappa shape index (κ1) is 30.0. The third-order valence-electron chi connectivity index (χ3n) is 6.79. The zero-order valence-electron chi connectivity index (χ0n) is 22.3. The zero-order chi connectivity index (χ0) is 29.6. The Morgan fingerprint density at radius 3 is 2.51 bits per heavy atom. The maximum atomic E-state index is 14.1. The van der Waals surface area contributed by atoms with Crippen LogP contribution in [0.1, 0.15) is 36.6 Å². The number of rotatable bonds is 4. The normalized spacial score (nSPS) is 16.7. The van der Waals surface area contributed by atoms with Gasteiger partial charge in [-0.15, -0.1) is 0 Å². The van der Waals surface area contributed by atoms with Crippen molar-refractivity contribution in [2.75, 3.05) is 49.1 Å². The van der Waals surface area contributed by atoms with Crippen LogP contribution in [0.2, 0.25) is 5.28 Å². The van der Waals surface area contributed by atoms with Crippen LogP contribution in [0.15, 0.2) is 36.2 Å². The van der Waals surface area contributed by atoms with E-state index in [0.29, 0.717) is 50.3 Å². The Kier molecular flexibility index (Phi) is 9.65. The molecule has 2 aromatic heterocycles. The molecule has 0 N–H and O–H groups in total. The monoisotopic (exact) mass is 593 g/mol. The Hall–Kier alpha value is -3.92. The van der Waals surface area contributed by atoms with Gasteiger partial charge in [0.05, 0.1) is 36.4 Å². The Bertz CT molecular complexity index is 1370. The highest BCUT2D eigenvalue weighted by atomic mass is 35.5. The Balaban J connectivity index is 0.00000124. The molecule has 2 aliphatic heterocycles. The maximum Gasteiger partial charge on any atom is 0.421 e. The second-order valence-electron chi connectivity index (χ2n) is 9.44. The summed E-state index contributed by atoms with van der Waals surface area (Å²) in [7, 11) is 0. The van der Waals surface area contributed by atoms with Gasteiger partial charge in [-0.2, -0.15) is 18.4 Å². The van der Waals surface area contributed by atoms with Gasteiger partial charge in [-0.05, 0) is 36.4 Å². The van der Waals surface area contributed by atoms with Gasteiger partial charge in [0.2, 0.25) is 5.28 Å². The molecule has 1 saturated heterocycles. The van der Waals surface area contributed by atoms with Crippen LogP contribution in [0.5, 0.6) is 0 Å². The molecule has 41 heavy (non-hydrogen) atoms. The van der Waals surface area contributed by atoms with Crippen molar-refractivity contribution in [3.8, 4) is 6.07 Å². The number of hydrogen-bond acceptors (Lipinski definition) is 8. The fraction of sp³-hybridized carbons (Fsp3) is 0.444. The number of nitrogens with zero attached hydrogens (tertiary/aromatic N) is 7. The van der Waals surface area contributed by atoms with Gasteiger partial charge < -0.3 is 19.4 Å². The fourth-order valence-corrected chi connectivity index (χ4v) is 5.09. The number of carbonyl (C=O) groups is 1. The summed E-state index contributed by atoms with van der Waals surface area (Å²) in [6, 6.07) is 1.75. The number of hydrogen-bond donors (Lipinski definition) is 0. The highest BCUT2D eigenvalue weighted by Gasteiger charge is 2.39. The van der Waals surface area contributed by atoms with Crippen molar-refractivity contribution >= 4 is 29.2 Å². The van der Waals surface area contributed by atoms with E-state index in [0.717, 1.165) is 30.2 Å². The summed E-state index contributed by atoms with van der Waals surface area (Å²) >= 11 is 6.20. The molecule has 0 aromatic carbocycles. The molecule has 14 heteroatoms. The minimum Gasteiger partial charge on any atom is -0.445 e. The Morgan fingerprint density at radius 2 is 1.85 bits per heavy atom. The summed E-state index contributed by atoms with van der Waals surface area (Å²) in [6.45, 7) is 3.64. The van der Waals surface area contributed by atoms with Gasteiger partial charge >= 0.3 is 12.3 Å². The van der Waals surface area contributed by atoms with Crippen molar-refractivity contribution in [3.63, 3.8) is 0 Å². The van der Waals surface area contributed by atoms with Crippen LogP contribution in [0.4, 0.5) is 33.9 Å². The van der Waals surface area contributed by atoms with Gasteiger partial charge in [-0.3, -0.25) is 4.98 Å². The number of pyridine rings is 1. The van der Waals surface area contributed by atoms with E-state index < -0.39 is 17.6 Å². The molecule has 0 radical (unpaired) electrons. The molecule has 3 aliphatic rings. The van der Waals surface area contributed by atoms with Crippen LogP contribution in [-0.2, 0) is 23.9 Å². The number of piperazine rings is 1. The molecule has 0 saturated carbocycles. The number of ether oxygens (including phenoxy) is 1. The molecule has 0 unspecified atom stereocenters. The lowest BCUT2D eigenvalue weighted by Gasteiger charge is -2.38. The Labute approximate surface area is 239 Å². The van der Waals surface area contributed by atoms with E-state index in [1.165, 1.54) is 11.8 Å². The van der Waals surface area contributed by atoms with Gasteiger partial charge in [0, 0.05) is 45.2 Å². The number of aromatic nitrogens is 3. The van der Waals surface area contributed by atoms with Crippen LogP contribution in [-0.4, -0.2) is 65.3 Å². The summed E-state index contributed by atoms with van der Waals surface area (Å²) < 4.78 is 60.3. The van der Waals surface area contributed by atoms with Gasteiger partial charge in [0.25, 0.3) is 0 Å². The summed E-state index contributed by atoms with van der Waals surface area (Å²) in [5.41, 5.74) is 0.534. The van der Waals surface area contributed by atoms with Crippen LogP contribution in [0, 0.1) is 17.1 Å². The maximum absolute atomic E-state index is 14.1. The molecule has 0 bridgehead atoms. The van der Waals surface area contributed by atoms with Gasteiger partial charge in [-0.1, -0.05) is 18.2 Å². The second-order valence-corrected chi connectivity index (χ2v) is 9.78. The molecule has 2 aromatic rings. The lowest BCUT2D eigenvalue weighted by molar-refractivity contribution is -0.139. The summed E-state index contributed by atoms with van der Waals surface area (Å²) in [5, 5.41) is 7.28. The van der Waals surface area contributed by atoms with Crippen molar-refractivity contribution < 1.29 is 27.1 Å². The van der Waals surface area contributed by atoms with Crippen molar-refractivity contribution in [1.82, 2.24) is 19.9 Å². The van der Waals surface area contributed by atoms with Gasteiger partial charge in [0.1, 0.15) is 18.0 Å². The predicted octanol–water partition coefficient (Wildman–Crippen LogP) is 5.31. The number of alkyl halides is 3. The molecule has 9 nitrogen and oxygen atoms in total. The quantitative estimate of drug-likeness (QED) is 0.347. The third-order valence-corrected chi connectivity index (χ3v) is 6.96. The first-order valence-corrected chi connectivity index (χ1v) is 13.3. The van der Waals surface area contributed by atoms with E-state index in [1.807, 2.05) is 11.0 Å². The van der Waals surface area contributed by atoms with Crippen LogP contribution >= 0.6 is 11.6 Å². The van der Waals surface area contributed by atoms with E-state index in [4.69, 9.17) is 21.6 Å². The number of nitriles is 1. The topological polar surface area (TPSA) is 98.5 Å². The number of anilines is 2. The summed E-state index contributed by atoms with van der Waals surface area (Å²) in [5.74, 6) is -0.830.